The molecule has 1 saturated carbocycles. The van der Waals surface area contributed by atoms with E-state index in [4.69, 9.17) is 4.42 Å². The van der Waals surface area contributed by atoms with Crippen molar-refractivity contribution in [1.82, 2.24) is 0 Å². The quantitative estimate of drug-likeness (QED) is 0.703. The van der Waals surface area contributed by atoms with E-state index in [9.17, 15) is 9.59 Å². The fourth-order valence-corrected chi connectivity index (χ4v) is 3.73. The van der Waals surface area contributed by atoms with Crippen molar-refractivity contribution in [2.45, 2.75) is 46.5 Å². The second-order valence-corrected chi connectivity index (χ2v) is 6.30. The predicted molar refractivity (Wildman–Crippen MR) is 66.8 cm³/mol. The predicted octanol–water partition coefficient (Wildman–Crippen LogP) is 3.55. The molecule has 1 heterocycles. The van der Waals surface area contributed by atoms with Gasteiger partial charge in [-0.25, -0.2) is 0 Å². The summed E-state index contributed by atoms with van der Waals surface area (Å²) in [5.74, 6) is 0.389. The molecule has 3 rings (SSSR count). The van der Waals surface area contributed by atoms with Gasteiger partial charge in [-0.1, -0.05) is 20.3 Å². The van der Waals surface area contributed by atoms with E-state index < -0.39 is 5.41 Å². The standard InChI is InChI=1S/C15H18O3/c1-9-8-18-12-11(9)10(16)7-14(2)5-4-6-15(14,3)13(12)17/h8H,4-7H2,1-3H3. The van der Waals surface area contributed by atoms with Crippen molar-refractivity contribution in [3.8, 4) is 0 Å². The average Bonchev–Trinajstić information content (AvgIpc) is 2.79. The highest BCUT2D eigenvalue weighted by Gasteiger charge is 2.57. The van der Waals surface area contributed by atoms with Gasteiger partial charge in [-0.3, -0.25) is 9.59 Å². The van der Waals surface area contributed by atoms with Crippen molar-refractivity contribution < 1.29 is 14.0 Å². The van der Waals surface area contributed by atoms with Crippen LogP contribution in [0.3, 0.4) is 0 Å². The van der Waals surface area contributed by atoms with Crippen molar-refractivity contribution in [3.05, 3.63) is 23.2 Å². The summed E-state index contributed by atoms with van der Waals surface area (Å²) in [6, 6.07) is 0. The Balaban J connectivity index is 2.24. The molecule has 0 spiro atoms. The molecule has 0 saturated heterocycles. The van der Waals surface area contributed by atoms with E-state index >= 15 is 0 Å². The molecule has 2 aliphatic rings. The largest absolute Gasteiger partial charge is 0.460 e. The van der Waals surface area contributed by atoms with Crippen LogP contribution in [0.1, 0.15) is 66.0 Å². The smallest absolute Gasteiger partial charge is 0.205 e. The third kappa shape index (κ3) is 1.20. The van der Waals surface area contributed by atoms with E-state index in [1.807, 2.05) is 13.8 Å². The second kappa shape index (κ2) is 3.34. The molecular formula is C15H18O3. The fourth-order valence-electron chi connectivity index (χ4n) is 3.73. The van der Waals surface area contributed by atoms with E-state index in [1.54, 1.807) is 0 Å². The molecule has 1 aromatic heterocycles. The zero-order chi connectivity index (χ0) is 13.1. The van der Waals surface area contributed by atoms with Gasteiger partial charge in [0.15, 0.2) is 11.5 Å². The molecule has 0 N–H and O–H groups in total. The van der Waals surface area contributed by atoms with Crippen LogP contribution in [-0.4, -0.2) is 11.6 Å². The van der Waals surface area contributed by atoms with Crippen molar-refractivity contribution in [2.24, 2.45) is 10.8 Å². The highest BCUT2D eigenvalue weighted by atomic mass is 16.3. The third-order valence-electron chi connectivity index (χ3n) is 5.25. The summed E-state index contributed by atoms with van der Waals surface area (Å²) in [5, 5.41) is 0. The number of hydrogen-bond donors (Lipinski definition) is 0. The first-order chi connectivity index (χ1) is 8.39. The molecule has 3 nitrogen and oxygen atoms in total. The summed E-state index contributed by atoms with van der Waals surface area (Å²) in [6.07, 6.45) is 4.81. The highest BCUT2D eigenvalue weighted by molar-refractivity contribution is 6.12. The molecule has 0 radical (unpaired) electrons. The zero-order valence-electron chi connectivity index (χ0n) is 11.1. The Morgan fingerprint density at radius 2 is 1.94 bits per heavy atom. The number of hydrogen-bond acceptors (Lipinski definition) is 3. The molecular weight excluding hydrogens is 228 g/mol. The molecule has 1 fully saturated rings. The van der Waals surface area contributed by atoms with Gasteiger partial charge in [0, 0.05) is 11.8 Å². The third-order valence-corrected chi connectivity index (χ3v) is 5.25. The second-order valence-electron chi connectivity index (χ2n) is 6.30. The van der Waals surface area contributed by atoms with E-state index in [0.717, 1.165) is 24.8 Å². The lowest BCUT2D eigenvalue weighted by atomic mass is 9.64. The minimum absolute atomic E-state index is 0.0245. The van der Waals surface area contributed by atoms with Crippen molar-refractivity contribution in [1.29, 1.82) is 0 Å². The summed E-state index contributed by atoms with van der Waals surface area (Å²) in [7, 11) is 0. The van der Waals surface area contributed by atoms with Gasteiger partial charge >= 0.3 is 0 Å². The highest BCUT2D eigenvalue weighted by Crippen LogP contribution is 2.58. The zero-order valence-corrected chi connectivity index (χ0v) is 11.1. The number of Topliss-reactive ketones (excluding diaryl/α,β-unsaturated/α-hetero) is 2. The van der Waals surface area contributed by atoms with Crippen molar-refractivity contribution in [3.63, 3.8) is 0 Å². The van der Waals surface area contributed by atoms with Gasteiger partial charge in [0.25, 0.3) is 0 Å². The number of carbonyl (C=O) groups is 2. The topological polar surface area (TPSA) is 47.3 Å². The van der Waals surface area contributed by atoms with Crippen LogP contribution in [0.25, 0.3) is 0 Å². The maximum atomic E-state index is 12.8. The van der Waals surface area contributed by atoms with Crippen LogP contribution in [-0.2, 0) is 0 Å². The molecule has 18 heavy (non-hydrogen) atoms. The molecule has 96 valence electrons. The van der Waals surface area contributed by atoms with Gasteiger partial charge in [-0.15, -0.1) is 0 Å². The molecule has 0 aromatic carbocycles. The first kappa shape index (κ1) is 11.7. The Labute approximate surface area is 107 Å². The van der Waals surface area contributed by atoms with Crippen molar-refractivity contribution in [2.75, 3.05) is 0 Å². The van der Waals surface area contributed by atoms with E-state index in [2.05, 4.69) is 6.92 Å². The summed E-state index contributed by atoms with van der Waals surface area (Å²) in [4.78, 5) is 25.2. The molecule has 2 aliphatic carbocycles. The average molecular weight is 246 g/mol. The number of fused-ring (bicyclic) bond motifs is 2. The SMILES string of the molecule is Cc1coc2c1C(=O)CC1(C)CCCC1(C)C2=O. The number of carbonyl (C=O) groups excluding carboxylic acids is 2. The summed E-state index contributed by atoms with van der Waals surface area (Å²) in [5.41, 5.74) is 0.653. The van der Waals surface area contributed by atoms with Crippen molar-refractivity contribution >= 4 is 11.6 Å². The fraction of sp³-hybridized carbons (Fsp3) is 0.600. The van der Waals surface area contributed by atoms with Gasteiger partial charge in [0.05, 0.1) is 11.8 Å². The summed E-state index contributed by atoms with van der Waals surface area (Å²) < 4.78 is 5.40. The lowest BCUT2D eigenvalue weighted by Crippen LogP contribution is -2.39. The summed E-state index contributed by atoms with van der Waals surface area (Å²) >= 11 is 0. The van der Waals surface area contributed by atoms with Crippen LogP contribution in [0.15, 0.2) is 10.7 Å². The minimum atomic E-state index is -0.446. The molecule has 2 unspecified atom stereocenters. The lowest BCUT2D eigenvalue weighted by molar-refractivity contribution is 0.0529. The Morgan fingerprint density at radius 3 is 2.67 bits per heavy atom. The number of ketones is 2. The minimum Gasteiger partial charge on any atom is -0.460 e. The Bertz CT molecular complexity index is 554. The molecule has 3 heteroatoms. The Morgan fingerprint density at radius 1 is 1.22 bits per heavy atom. The molecule has 0 amide bonds. The lowest BCUT2D eigenvalue weighted by Gasteiger charge is -2.37. The monoisotopic (exact) mass is 246 g/mol. The Kier molecular flexibility index (Phi) is 2.17. The number of furan rings is 1. The molecule has 0 aliphatic heterocycles. The first-order valence-corrected chi connectivity index (χ1v) is 6.55. The van der Waals surface area contributed by atoms with E-state index in [-0.39, 0.29) is 17.0 Å². The van der Waals surface area contributed by atoms with Crippen LogP contribution < -0.4 is 0 Å². The number of rotatable bonds is 0. The van der Waals surface area contributed by atoms with Crippen LogP contribution in [0, 0.1) is 17.8 Å². The molecule has 2 atom stereocenters. The van der Waals surface area contributed by atoms with Crippen LogP contribution in [0.2, 0.25) is 0 Å². The normalized spacial score (nSPS) is 35.3. The molecule has 1 aromatic rings. The Hall–Kier alpha value is -1.38. The van der Waals surface area contributed by atoms with E-state index in [0.29, 0.717) is 17.7 Å². The van der Waals surface area contributed by atoms with Gasteiger partial charge in [-0.2, -0.15) is 0 Å². The maximum Gasteiger partial charge on any atom is 0.205 e. The summed E-state index contributed by atoms with van der Waals surface area (Å²) in [6.45, 7) is 5.92. The number of aryl methyl sites for hydroxylation is 1. The van der Waals surface area contributed by atoms with Gasteiger partial charge in [0.1, 0.15) is 0 Å². The first-order valence-electron chi connectivity index (χ1n) is 6.55. The molecule has 0 bridgehead atoms. The van der Waals surface area contributed by atoms with Gasteiger partial charge in [0.2, 0.25) is 5.78 Å². The van der Waals surface area contributed by atoms with Gasteiger partial charge < -0.3 is 4.42 Å². The maximum absolute atomic E-state index is 12.8. The van der Waals surface area contributed by atoms with Crippen LogP contribution in [0.5, 0.6) is 0 Å². The van der Waals surface area contributed by atoms with Gasteiger partial charge in [-0.05, 0) is 30.7 Å². The van der Waals surface area contributed by atoms with Crippen LogP contribution >= 0.6 is 0 Å². The van der Waals surface area contributed by atoms with Crippen LogP contribution in [0.4, 0.5) is 0 Å². The van der Waals surface area contributed by atoms with E-state index in [1.165, 1.54) is 6.26 Å².